The van der Waals surface area contributed by atoms with Crippen molar-refractivity contribution in [2.24, 2.45) is 5.73 Å². The Morgan fingerprint density at radius 3 is 2.75 bits per heavy atom. The molecule has 0 fully saturated rings. The van der Waals surface area contributed by atoms with Gasteiger partial charge in [0, 0.05) is 17.4 Å². The van der Waals surface area contributed by atoms with Crippen LogP contribution in [0, 0.1) is 0 Å². The van der Waals surface area contributed by atoms with Crippen LogP contribution in [-0.2, 0) is 6.42 Å². The molecular weight excluding hydrogens is 263 g/mol. The Labute approximate surface area is 108 Å². The monoisotopic (exact) mass is 272 g/mol. The van der Waals surface area contributed by atoms with Gasteiger partial charge in [-0.2, -0.15) is 0 Å². The highest BCUT2D eigenvalue weighted by molar-refractivity contribution is 7.13. The summed E-state index contributed by atoms with van der Waals surface area (Å²) >= 11 is 13.4. The number of nitrogens with zero attached hydrogens (tertiary/aromatic N) is 1. The number of thiazole rings is 1. The number of halogens is 2. The Morgan fingerprint density at radius 2 is 2.06 bits per heavy atom. The Balaban J connectivity index is 2.31. The van der Waals surface area contributed by atoms with Crippen LogP contribution in [0.2, 0.25) is 10.0 Å². The third kappa shape index (κ3) is 2.55. The van der Waals surface area contributed by atoms with E-state index in [1.807, 2.05) is 17.5 Å². The summed E-state index contributed by atoms with van der Waals surface area (Å²) in [6.07, 6.45) is 0.803. The zero-order valence-corrected chi connectivity index (χ0v) is 10.7. The van der Waals surface area contributed by atoms with Crippen LogP contribution >= 0.6 is 34.5 Å². The molecule has 0 radical (unpaired) electrons. The maximum atomic E-state index is 5.96. The van der Waals surface area contributed by atoms with Crippen molar-refractivity contribution >= 4 is 34.5 Å². The van der Waals surface area contributed by atoms with Crippen molar-refractivity contribution in [1.29, 1.82) is 0 Å². The van der Waals surface area contributed by atoms with E-state index in [1.165, 1.54) is 0 Å². The van der Waals surface area contributed by atoms with E-state index in [0.29, 0.717) is 16.6 Å². The molecule has 5 heteroatoms. The molecule has 0 saturated carbocycles. The first kappa shape index (κ1) is 11.9. The van der Waals surface area contributed by atoms with Gasteiger partial charge in [-0.3, -0.25) is 0 Å². The predicted molar refractivity (Wildman–Crippen MR) is 70.3 cm³/mol. The van der Waals surface area contributed by atoms with Gasteiger partial charge in [-0.1, -0.05) is 29.3 Å². The molecule has 0 amide bonds. The summed E-state index contributed by atoms with van der Waals surface area (Å²) in [5.41, 5.74) is 7.49. The minimum Gasteiger partial charge on any atom is -0.330 e. The molecule has 84 valence electrons. The van der Waals surface area contributed by atoms with Crippen LogP contribution in [0.25, 0.3) is 10.6 Å². The van der Waals surface area contributed by atoms with Gasteiger partial charge in [-0.05, 0) is 18.7 Å². The van der Waals surface area contributed by atoms with Crippen molar-refractivity contribution < 1.29 is 0 Å². The average Bonchev–Trinajstić information content (AvgIpc) is 2.71. The van der Waals surface area contributed by atoms with Gasteiger partial charge in [0.05, 0.1) is 15.7 Å². The first-order chi connectivity index (χ1) is 7.70. The maximum Gasteiger partial charge on any atom is 0.123 e. The third-order valence-corrected chi connectivity index (χ3v) is 3.80. The second kappa shape index (κ2) is 5.15. The Hall–Kier alpha value is -0.610. The van der Waals surface area contributed by atoms with E-state index in [1.54, 1.807) is 17.4 Å². The molecule has 16 heavy (non-hydrogen) atoms. The lowest BCUT2D eigenvalue weighted by molar-refractivity contribution is 0.936. The minimum atomic E-state index is 0.551. The van der Waals surface area contributed by atoms with Crippen molar-refractivity contribution in [1.82, 2.24) is 4.98 Å². The van der Waals surface area contributed by atoms with Gasteiger partial charge in [-0.15, -0.1) is 11.3 Å². The lowest BCUT2D eigenvalue weighted by Crippen LogP contribution is -2.02. The van der Waals surface area contributed by atoms with E-state index in [4.69, 9.17) is 28.9 Å². The SMILES string of the molecule is NCCc1csc(-c2ccc(Cl)c(Cl)c2)n1. The Bertz CT molecular complexity index is 496. The van der Waals surface area contributed by atoms with E-state index in [-0.39, 0.29) is 0 Å². The summed E-state index contributed by atoms with van der Waals surface area (Å²) < 4.78 is 0. The van der Waals surface area contributed by atoms with Gasteiger partial charge in [0.1, 0.15) is 5.01 Å². The summed E-state index contributed by atoms with van der Waals surface area (Å²) in [7, 11) is 0. The van der Waals surface area contributed by atoms with Gasteiger partial charge in [0.2, 0.25) is 0 Å². The topological polar surface area (TPSA) is 38.9 Å². The van der Waals surface area contributed by atoms with Crippen LogP contribution in [0.5, 0.6) is 0 Å². The van der Waals surface area contributed by atoms with E-state index < -0.39 is 0 Å². The molecule has 0 bridgehead atoms. The fraction of sp³-hybridized carbons (Fsp3) is 0.182. The second-order valence-electron chi connectivity index (χ2n) is 3.31. The summed E-state index contributed by atoms with van der Waals surface area (Å²) in [4.78, 5) is 4.48. The molecule has 0 aliphatic heterocycles. The van der Waals surface area contributed by atoms with Gasteiger partial charge in [0.25, 0.3) is 0 Å². The average molecular weight is 273 g/mol. The molecular formula is C11H10Cl2N2S. The number of hydrogen-bond donors (Lipinski definition) is 1. The second-order valence-corrected chi connectivity index (χ2v) is 4.98. The van der Waals surface area contributed by atoms with Crippen LogP contribution in [0.15, 0.2) is 23.6 Å². The molecule has 2 rings (SSSR count). The molecule has 0 saturated heterocycles. The summed E-state index contributed by atoms with van der Waals surface area (Å²) in [5, 5.41) is 4.07. The minimum absolute atomic E-state index is 0.551. The van der Waals surface area contributed by atoms with E-state index in [2.05, 4.69) is 4.98 Å². The van der Waals surface area contributed by atoms with Crippen molar-refractivity contribution in [2.75, 3.05) is 6.54 Å². The number of hydrogen-bond acceptors (Lipinski definition) is 3. The number of benzene rings is 1. The molecule has 0 aliphatic carbocycles. The Morgan fingerprint density at radius 1 is 1.25 bits per heavy atom. The molecule has 2 nitrogen and oxygen atoms in total. The molecule has 0 atom stereocenters. The quantitative estimate of drug-likeness (QED) is 0.927. The maximum absolute atomic E-state index is 5.96. The highest BCUT2D eigenvalue weighted by Gasteiger charge is 2.06. The lowest BCUT2D eigenvalue weighted by Gasteiger charge is -1.99. The third-order valence-electron chi connectivity index (χ3n) is 2.12. The molecule has 2 N–H and O–H groups in total. The number of aromatic nitrogens is 1. The summed E-state index contributed by atoms with van der Waals surface area (Å²) in [6, 6.07) is 5.53. The first-order valence-electron chi connectivity index (χ1n) is 4.80. The van der Waals surface area contributed by atoms with Gasteiger partial charge in [-0.25, -0.2) is 4.98 Å². The van der Waals surface area contributed by atoms with Crippen molar-refractivity contribution in [3.63, 3.8) is 0 Å². The fourth-order valence-electron chi connectivity index (χ4n) is 1.33. The molecule has 1 heterocycles. The van der Waals surface area contributed by atoms with Crippen molar-refractivity contribution in [3.8, 4) is 10.6 Å². The molecule has 0 spiro atoms. The number of rotatable bonds is 3. The zero-order valence-electron chi connectivity index (χ0n) is 8.41. The first-order valence-corrected chi connectivity index (χ1v) is 6.44. The number of nitrogens with two attached hydrogens (primary N) is 1. The summed E-state index contributed by atoms with van der Waals surface area (Å²) in [5.74, 6) is 0. The molecule has 1 aromatic carbocycles. The highest BCUT2D eigenvalue weighted by Crippen LogP contribution is 2.30. The van der Waals surface area contributed by atoms with Crippen molar-refractivity contribution in [2.45, 2.75) is 6.42 Å². The largest absolute Gasteiger partial charge is 0.330 e. The van der Waals surface area contributed by atoms with Gasteiger partial charge >= 0.3 is 0 Å². The van der Waals surface area contributed by atoms with Crippen LogP contribution in [0.4, 0.5) is 0 Å². The predicted octanol–water partition coefficient (Wildman–Crippen LogP) is 3.62. The van der Waals surface area contributed by atoms with Crippen LogP contribution in [0.1, 0.15) is 5.69 Å². The Kier molecular flexibility index (Phi) is 3.82. The van der Waals surface area contributed by atoms with E-state index >= 15 is 0 Å². The smallest absolute Gasteiger partial charge is 0.123 e. The zero-order chi connectivity index (χ0) is 11.5. The molecule has 0 aliphatic rings. The fourth-order valence-corrected chi connectivity index (χ4v) is 2.48. The highest BCUT2D eigenvalue weighted by atomic mass is 35.5. The van der Waals surface area contributed by atoms with Crippen LogP contribution < -0.4 is 5.73 Å². The lowest BCUT2D eigenvalue weighted by atomic mass is 10.2. The van der Waals surface area contributed by atoms with Gasteiger partial charge in [0.15, 0.2) is 0 Å². The van der Waals surface area contributed by atoms with Gasteiger partial charge < -0.3 is 5.73 Å². The molecule has 2 aromatic rings. The van der Waals surface area contributed by atoms with E-state index in [9.17, 15) is 0 Å². The van der Waals surface area contributed by atoms with Crippen LogP contribution in [-0.4, -0.2) is 11.5 Å². The van der Waals surface area contributed by atoms with E-state index in [0.717, 1.165) is 22.7 Å². The standard InChI is InChI=1S/C11H10Cl2N2S/c12-9-2-1-7(5-10(9)13)11-15-8(3-4-14)6-16-11/h1-2,5-6H,3-4,14H2. The normalized spacial score (nSPS) is 10.7. The van der Waals surface area contributed by atoms with Crippen molar-refractivity contribution in [3.05, 3.63) is 39.3 Å². The summed E-state index contributed by atoms with van der Waals surface area (Å²) in [6.45, 7) is 0.616. The molecule has 0 unspecified atom stereocenters. The van der Waals surface area contributed by atoms with Crippen LogP contribution in [0.3, 0.4) is 0 Å². The molecule has 1 aromatic heterocycles.